The van der Waals surface area contributed by atoms with Gasteiger partial charge in [-0.25, -0.2) is 4.39 Å². The Hall–Kier alpha value is -5.93. The largest absolute Gasteiger partial charge is 0.456 e. The van der Waals surface area contributed by atoms with E-state index >= 15 is 0 Å². The summed E-state index contributed by atoms with van der Waals surface area (Å²) in [7, 11) is 0. The van der Waals surface area contributed by atoms with Crippen molar-refractivity contribution < 1.29 is 8.81 Å². The highest BCUT2D eigenvalue weighted by Gasteiger charge is 2.38. The number of hydrogen-bond acceptors (Lipinski definition) is 2. The summed E-state index contributed by atoms with van der Waals surface area (Å²) in [6.07, 6.45) is 0. The number of furan rings is 1. The highest BCUT2D eigenvalue weighted by molar-refractivity contribution is 6.06. The normalized spacial score (nSPS) is 13.4. The Balaban J connectivity index is 1.23. The van der Waals surface area contributed by atoms with E-state index in [1.54, 1.807) is 0 Å². The molecular weight excluding hydrogens is 602 g/mol. The van der Waals surface area contributed by atoms with Crippen LogP contribution >= 0.6 is 0 Å². The van der Waals surface area contributed by atoms with E-state index in [0.29, 0.717) is 0 Å². The molecule has 1 aliphatic heterocycles. The molecule has 0 radical (unpaired) electrons. The number of anilines is 3. The Morgan fingerprint density at radius 2 is 0.980 bits per heavy atom. The lowest BCUT2D eigenvalue weighted by Crippen LogP contribution is -2.31. The molecule has 0 saturated carbocycles. The summed E-state index contributed by atoms with van der Waals surface area (Å²) in [6, 6.07) is 52.4. The molecule has 236 valence electrons. The molecule has 2 nitrogen and oxygen atoms in total. The summed E-state index contributed by atoms with van der Waals surface area (Å²) < 4.78 is 20.0. The first-order chi connectivity index (χ1) is 23.8. The number of benzene rings is 7. The molecule has 2 heterocycles. The van der Waals surface area contributed by atoms with Crippen LogP contribution in [0.5, 0.6) is 0 Å². The molecule has 1 aromatic heterocycles. The van der Waals surface area contributed by atoms with Crippen molar-refractivity contribution in [3.8, 4) is 33.4 Å². The van der Waals surface area contributed by atoms with Gasteiger partial charge in [0.25, 0.3) is 0 Å². The quantitative estimate of drug-likeness (QED) is 0.191. The Bertz CT molecular complexity index is 2540. The molecule has 0 bridgehead atoms. The van der Waals surface area contributed by atoms with Crippen LogP contribution in [0.4, 0.5) is 21.5 Å². The Labute approximate surface area is 285 Å². The molecule has 0 amide bonds. The van der Waals surface area contributed by atoms with Gasteiger partial charge in [-0.05, 0) is 124 Å². The van der Waals surface area contributed by atoms with E-state index in [4.69, 9.17) is 4.42 Å². The van der Waals surface area contributed by atoms with Crippen molar-refractivity contribution in [3.63, 3.8) is 0 Å². The van der Waals surface area contributed by atoms with Gasteiger partial charge in [0.2, 0.25) is 0 Å². The van der Waals surface area contributed by atoms with Crippen LogP contribution in [-0.4, -0.2) is 0 Å². The first-order valence-electron chi connectivity index (χ1n) is 16.8. The fourth-order valence-electron chi connectivity index (χ4n) is 7.62. The van der Waals surface area contributed by atoms with E-state index in [2.05, 4.69) is 141 Å². The molecular formula is C46H34FNO. The summed E-state index contributed by atoms with van der Waals surface area (Å²) in [6.45, 7) is 6.84. The van der Waals surface area contributed by atoms with E-state index in [-0.39, 0.29) is 11.2 Å². The second-order valence-corrected chi connectivity index (χ2v) is 13.6. The molecule has 7 aromatic carbocycles. The minimum Gasteiger partial charge on any atom is -0.456 e. The molecule has 0 atom stereocenters. The highest BCUT2D eigenvalue weighted by atomic mass is 19.1. The number of para-hydroxylation sites is 1. The van der Waals surface area contributed by atoms with Crippen molar-refractivity contribution in [2.24, 2.45) is 0 Å². The van der Waals surface area contributed by atoms with Crippen LogP contribution in [0.3, 0.4) is 0 Å². The molecule has 3 heteroatoms. The van der Waals surface area contributed by atoms with Crippen molar-refractivity contribution >= 4 is 39.0 Å². The molecule has 0 aliphatic carbocycles. The summed E-state index contributed by atoms with van der Waals surface area (Å²) in [5, 5.41) is 2.25. The molecule has 0 saturated heterocycles. The molecule has 0 fully saturated rings. The maximum atomic E-state index is 13.9. The van der Waals surface area contributed by atoms with Gasteiger partial charge >= 0.3 is 0 Å². The molecule has 1 aliphatic rings. The third-order valence-electron chi connectivity index (χ3n) is 10.3. The van der Waals surface area contributed by atoms with Crippen molar-refractivity contribution in [2.45, 2.75) is 26.2 Å². The minimum absolute atomic E-state index is 0.231. The lowest BCUT2D eigenvalue weighted by Gasteiger charge is -2.43. The van der Waals surface area contributed by atoms with Gasteiger partial charge < -0.3 is 9.32 Å². The average molecular weight is 636 g/mol. The van der Waals surface area contributed by atoms with E-state index in [1.807, 2.05) is 24.3 Å². The smallest absolute Gasteiger partial charge is 0.135 e. The molecule has 49 heavy (non-hydrogen) atoms. The van der Waals surface area contributed by atoms with E-state index in [9.17, 15) is 4.39 Å². The van der Waals surface area contributed by atoms with Crippen LogP contribution in [0.1, 0.15) is 30.5 Å². The summed E-state index contributed by atoms with van der Waals surface area (Å²) in [5.74, 6) is -0.231. The molecule has 0 N–H and O–H groups in total. The van der Waals surface area contributed by atoms with Crippen LogP contribution in [-0.2, 0) is 5.41 Å². The number of hydrogen-bond donors (Lipinski definition) is 0. The predicted octanol–water partition coefficient (Wildman–Crippen LogP) is 13.1. The minimum atomic E-state index is -0.322. The SMILES string of the molecule is Cc1cc(-c2ccccc2)ccc1N1c2ccc(-c3ccc(F)cc3)cc2C(C)(C)c2cc(-c3ccc4oc5ccccc5c4c3)ccc21. The van der Waals surface area contributed by atoms with Gasteiger partial charge in [0.1, 0.15) is 17.0 Å². The number of halogens is 1. The fourth-order valence-corrected chi connectivity index (χ4v) is 7.62. The fraction of sp³-hybridized carbons (Fsp3) is 0.0870. The average Bonchev–Trinajstić information content (AvgIpc) is 3.51. The number of nitrogens with zero attached hydrogens (tertiary/aromatic N) is 1. The lowest BCUT2D eigenvalue weighted by atomic mass is 9.72. The van der Waals surface area contributed by atoms with Crippen molar-refractivity contribution in [2.75, 3.05) is 4.90 Å². The Morgan fingerprint density at radius 1 is 0.469 bits per heavy atom. The zero-order valence-electron chi connectivity index (χ0n) is 27.7. The third-order valence-corrected chi connectivity index (χ3v) is 10.3. The van der Waals surface area contributed by atoms with Crippen molar-refractivity contribution in [3.05, 3.63) is 174 Å². The second kappa shape index (κ2) is 11.1. The third kappa shape index (κ3) is 4.76. The van der Waals surface area contributed by atoms with Gasteiger partial charge in [-0.15, -0.1) is 0 Å². The highest BCUT2D eigenvalue weighted by Crippen LogP contribution is 2.54. The molecule has 0 spiro atoms. The molecule has 9 rings (SSSR count). The van der Waals surface area contributed by atoms with Gasteiger partial charge in [0, 0.05) is 21.9 Å². The molecule has 8 aromatic rings. The summed E-state index contributed by atoms with van der Waals surface area (Å²) in [4.78, 5) is 2.42. The Kier molecular flexibility index (Phi) is 6.60. The number of fused-ring (bicyclic) bond motifs is 5. The van der Waals surface area contributed by atoms with Gasteiger partial charge in [0.15, 0.2) is 0 Å². The van der Waals surface area contributed by atoms with Gasteiger partial charge in [0.05, 0.1) is 11.4 Å². The van der Waals surface area contributed by atoms with E-state index in [0.717, 1.165) is 55.6 Å². The van der Waals surface area contributed by atoms with Crippen LogP contribution in [0, 0.1) is 12.7 Å². The van der Waals surface area contributed by atoms with Gasteiger partial charge in [-0.3, -0.25) is 0 Å². The maximum Gasteiger partial charge on any atom is 0.135 e. The van der Waals surface area contributed by atoms with Crippen molar-refractivity contribution in [1.29, 1.82) is 0 Å². The summed E-state index contributed by atoms with van der Waals surface area (Å²) in [5.41, 5.74) is 15.4. The predicted molar refractivity (Wildman–Crippen MR) is 202 cm³/mol. The monoisotopic (exact) mass is 635 g/mol. The zero-order valence-corrected chi connectivity index (χ0v) is 27.7. The summed E-state index contributed by atoms with van der Waals surface area (Å²) >= 11 is 0. The first kappa shape index (κ1) is 29.2. The van der Waals surface area contributed by atoms with Gasteiger partial charge in [-0.2, -0.15) is 0 Å². The molecule has 0 unspecified atom stereocenters. The first-order valence-corrected chi connectivity index (χ1v) is 16.8. The maximum absolute atomic E-state index is 13.9. The van der Waals surface area contributed by atoms with E-state index < -0.39 is 0 Å². The van der Waals surface area contributed by atoms with Crippen LogP contribution in [0.25, 0.3) is 55.3 Å². The second-order valence-electron chi connectivity index (χ2n) is 13.6. The standard InChI is InChI=1S/C46H34FNO/c1-29-25-32(30-9-5-4-6-10-30)15-21-41(29)48-42-22-16-34(31-13-19-36(47)20-14-31)27-39(42)46(2,3)40-28-35(17-23-43(40)48)33-18-24-45-38(26-33)37-11-7-8-12-44(37)49-45/h4-28H,1-3H3. The zero-order chi connectivity index (χ0) is 33.3. The van der Waals surface area contributed by atoms with Crippen LogP contribution in [0.15, 0.2) is 156 Å². The lowest BCUT2D eigenvalue weighted by molar-refractivity contribution is 0.628. The number of rotatable bonds is 4. The van der Waals surface area contributed by atoms with Crippen LogP contribution in [0.2, 0.25) is 0 Å². The topological polar surface area (TPSA) is 16.4 Å². The van der Waals surface area contributed by atoms with Crippen molar-refractivity contribution in [1.82, 2.24) is 0 Å². The number of aryl methyl sites for hydroxylation is 1. The van der Waals surface area contributed by atoms with E-state index in [1.165, 1.54) is 45.6 Å². The Morgan fingerprint density at radius 3 is 1.67 bits per heavy atom. The van der Waals surface area contributed by atoms with Gasteiger partial charge in [-0.1, -0.05) is 98.8 Å². The van der Waals surface area contributed by atoms with Crippen LogP contribution < -0.4 is 4.90 Å².